The monoisotopic (exact) mass is 337 g/mol. The number of amides is 2. The van der Waals surface area contributed by atoms with E-state index >= 15 is 0 Å². The quantitative estimate of drug-likeness (QED) is 0.595. The molecule has 1 atom stereocenters. The number of rotatable bonds is 8. The van der Waals surface area contributed by atoms with Gasteiger partial charge < -0.3 is 16.0 Å². The Morgan fingerprint density at radius 1 is 0.958 bits per heavy atom. The molecule has 138 valence electrons. The standard InChI is InChI=1S/C19H35N3O2/c1-15(17-7-9-20-10-8-17)13-18(23)21-11-12-22-19(24)14-16-5-3-2-4-6-16/h15-17,20H,2-14H2,1H3,(H,21,23)(H,22,24). The molecule has 2 rings (SSSR count). The van der Waals surface area contributed by atoms with E-state index in [1.165, 1.54) is 44.9 Å². The summed E-state index contributed by atoms with van der Waals surface area (Å²) in [6.45, 7) is 5.40. The molecule has 0 aromatic carbocycles. The SMILES string of the molecule is CC(CC(=O)NCCNC(=O)CC1CCCCC1)C1CCNCC1. The van der Waals surface area contributed by atoms with Crippen LogP contribution < -0.4 is 16.0 Å². The van der Waals surface area contributed by atoms with Crippen molar-refractivity contribution in [3.8, 4) is 0 Å². The van der Waals surface area contributed by atoms with E-state index in [2.05, 4.69) is 22.9 Å². The van der Waals surface area contributed by atoms with E-state index in [-0.39, 0.29) is 11.8 Å². The van der Waals surface area contributed by atoms with E-state index in [1.807, 2.05) is 0 Å². The van der Waals surface area contributed by atoms with E-state index in [0.717, 1.165) is 13.1 Å². The molecule has 1 unspecified atom stereocenters. The van der Waals surface area contributed by atoms with Gasteiger partial charge in [-0.15, -0.1) is 0 Å². The highest BCUT2D eigenvalue weighted by Gasteiger charge is 2.22. The third kappa shape index (κ3) is 7.20. The van der Waals surface area contributed by atoms with Crippen molar-refractivity contribution in [3.05, 3.63) is 0 Å². The summed E-state index contributed by atoms with van der Waals surface area (Å²) in [5.41, 5.74) is 0. The molecule has 1 aliphatic carbocycles. The summed E-state index contributed by atoms with van der Waals surface area (Å²) in [7, 11) is 0. The molecule has 0 radical (unpaired) electrons. The summed E-state index contributed by atoms with van der Waals surface area (Å²) in [6, 6.07) is 0. The zero-order valence-corrected chi connectivity index (χ0v) is 15.2. The molecule has 1 aliphatic heterocycles. The molecular formula is C19H35N3O2. The lowest BCUT2D eigenvalue weighted by Gasteiger charge is -2.27. The van der Waals surface area contributed by atoms with Gasteiger partial charge in [0.1, 0.15) is 0 Å². The molecule has 3 N–H and O–H groups in total. The zero-order valence-electron chi connectivity index (χ0n) is 15.2. The van der Waals surface area contributed by atoms with Crippen molar-refractivity contribution in [3.63, 3.8) is 0 Å². The van der Waals surface area contributed by atoms with Gasteiger partial charge in [-0.2, -0.15) is 0 Å². The van der Waals surface area contributed by atoms with Gasteiger partial charge in [0.05, 0.1) is 0 Å². The predicted molar refractivity (Wildman–Crippen MR) is 96.6 cm³/mol. The molecule has 0 aromatic rings. The Hall–Kier alpha value is -1.10. The first kappa shape index (κ1) is 19.2. The fraction of sp³-hybridized carbons (Fsp3) is 0.895. The molecule has 1 heterocycles. The second-order valence-electron chi connectivity index (χ2n) is 7.68. The van der Waals surface area contributed by atoms with Crippen molar-refractivity contribution < 1.29 is 9.59 Å². The van der Waals surface area contributed by atoms with Gasteiger partial charge in [-0.05, 0) is 56.5 Å². The molecule has 0 bridgehead atoms. The number of carbonyl (C=O) groups excluding carboxylic acids is 2. The topological polar surface area (TPSA) is 70.2 Å². The summed E-state index contributed by atoms with van der Waals surface area (Å²) in [4.78, 5) is 23.9. The van der Waals surface area contributed by atoms with E-state index in [4.69, 9.17) is 0 Å². The van der Waals surface area contributed by atoms with Crippen LogP contribution in [0.4, 0.5) is 0 Å². The van der Waals surface area contributed by atoms with Gasteiger partial charge >= 0.3 is 0 Å². The average Bonchev–Trinajstić information content (AvgIpc) is 2.60. The molecule has 2 amide bonds. The smallest absolute Gasteiger partial charge is 0.220 e. The lowest BCUT2D eigenvalue weighted by molar-refractivity contribution is -0.124. The van der Waals surface area contributed by atoms with Crippen molar-refractivity contribution in [2.75, 3.05) is 26.2 Å². The maximum Gasteiger partial charge on any atom is 0.220 e. The normalized spacial score (nSPS) is 21.2. The van der Waals surface area contributed by atoms with Crippen LogP contribution in [0.1, 0.15) is 64.7 Å². The Labute approximate surface area is 146 Å². The van der Waals surface area contributed by atoms with E-state index in [0.29, 0.717) is 43.7 Å². The van der Waals surface area contributed by atoms with Crippen LogP contribution in [0.2, 0.25) is 0 Å². The Morgan fingerprint density at radius 2 is 1.58 bits per heavy atom. The van der Waals surface area contributed by atoms with Gasteiger partial charge in [-0.3, -0.25) is 9.59 Å². The van der Waals surface area contributed by atoms with E-state index < -0.39 is 0 Å². The highest BCUT2D eigenvalue weighted by molar-refractivity contribution is 5.77. The molecule has 24 heavy (non-hydrogen) atoms. The van der Waals surface area contributed by atoms with Crippen LogP contribution in [-0.4, -0.2) is 38.0 Å². The van der Waals surface area contributed by atoms with Crippen molar-refractivity contribution in [2.24, 2.45) is 17.8 Å². The number of carbonyl (C=O) groups is 2. The lowest BCUT2D eigenvalue weighted by Crippen LogP contribution is -2.37. The first-order valence-corrected chi connectivity index (χ1v) is 9.89. The number of nitrogens with one attached hydrogen (secondary N) is 3. The van der Waals surface area contributed by atoms with Gasteiger partial charge in [-0.25, -0.2) is 0 Å². The maximum absolute atomic E-state index is 12.0. The molecule has 2 aliphatic rings. The minimum absolute atomic E-state index is 0.113. The zero-order chi connectivity index (χ0) is 17.2. The summed E-state index contributed by atoms with van der Waals surface area (Å²) in [6.07, 6.45) is 9.84. The highest BCUT2D eigenvalue weighted by Crippen LogP contribution is 2.26. The van der Waals surface area contributed by atoms with Gasteiger partial charge in [-0.1, -0.05) is 26.2 Å². The molecule has 2 fully saturated rings. The average molecular weight is 338 g/mol. The van der Waals surface area contributed by atoms with Gasteiger partial charge in [0.25, 0.3) is 0 Å². The molecule has 1 saturated heterocycles. The van der Waals surface area contributed by atoms with Crippen LogP contribution in [0, 0.1) is 17.8 Å². The minimum Gasteiger partial charge on any atom is -0.354 e. The summed E-state index contributed by atoms with van der Waals surface area (Å²) in [5.74, 6) is 1.92. The Kier molecular flexibility index (Phi) is 8.57. The summed E-state index contributed by atoms with van der Waals surface area (Å²) >= 11 is 0. The molecule has 5 nitrogen and oxygen atoms in total. The van der Waals surface area contributed by atoms with Crippen molar-refractivity contribution in [1.82, 2.24) is 16.0 Å². The second kappa shape index (κ2) is 10.7. The number of hydrogen-bond donors (Lipinski definition) is 3. The van der Waals surface area contributed by atoms with Gasteiger partial charge in [0.15, 0.2) is 0 Å². The molecule has 1 saturated carbocycles. The highest BCUT2D eigenvalue weighted by atomic mass is 16.2. The maximum atomic E-state index is 12.0. The van der Waals surface area contributed by atoms with Crippen LogP contribution in [0.25, 0.3) is 0 Å². The third-order valence-corrected chi connectivity index (χ3v) is 5.66. The lowest BCUT2D eigenvalue weighted by atomic mass is 9.84. The Morgan fingerprint density at radius 3 is 2.25 bits per heavy atom. The van der Waals surface area contributed by atoms with Crippen LogP contribution >= 0.6 is 0 Å². The van der Waals surface area contributed by atoms with Crippen LogP contribution in [0.3, 0.4) is 0 Å². The fourth-order valence-electron chi connectivity index (χ4n) is 4.07. The molecule has 0 spiro atoms. The van der Waals surface area contributed by atoms with E-state index in [1.54, 1.807) is 0 Å². The Bertz CT molecular complexity index is 388. The predicted octanol–water partition coefficient (Wildman–Crippen LogP) is 2.21. The van der Waals surface area contributed by atoms with Gasteiger partial charge in [0.2, 0.25) is 11.8 Å². The van der Waals surface area contributed by atoms with Crippen LogP contribution in [0.15, 0.2) is 0 Å². The van der Waals surface area contributed by atoms with Crippen molar-refractivity contribution in [1.29, 1.82) is 0 Å². The first-order chi connectivity index (χ1) is 11.6. The summed E-state index contributed by atoms with van der Waals surface area (Å²) in [5, 5.41) is 9.25. The first-order valence-electron chi connectivity index (χ1n) is 9.89. The van der Waals surface area contributed by atoms with Gasteiger partial charge in [0, 0.05) is 25.9 Å². The number of hydrogen-bond acceptors (Lipinski definition) is 3. The number of piperidine rings is 1. The second-order valence-corrected chi connectivity index (χ2v) is 7.68. The van der Waals surface area contributed by atoms with Crippen molar-refractivity contribution >= 4 is 11.8 Å². The Balaban J connectivity index is 1.51. The summed E-state index contributed by atoms with van der Waals surface area (Å²) < 4.78 is 0. The third-order valence-electron chi connectivity index (χ3n) is 5.66. The molecular weight excluding hydrogens is 302 g/mol. The van der Waals surface area contributed by atoms with Crippen LogP contribution in [0.5, 0.6) is 0 Å². The minimum atomic E-state index is 0.113. The van der Waals surface area contributed by atoms with Crippen molar-refractivity contribution in [2.45, 2.75) is 64.7 Å². The van der Waals surface area contributed by atoms with E-state index in [9.17, 15) is 9.59 Å². The van der Waals surface area contributed by atoms with Crippen LogP contribution in [-0.2, 0) is 9.59 Å². The fourth-order valence-corrected chi connectivity index (χ4v) is 4.07. The largest absolute Gasteiger partial charge is 0.354 e. The molecule has 5 heteroatoms. The molecule has 0 aromatic heterocycles.